The first-order valence-electron chi connectivity index (χ1n) is 5.14. The third-order valence-electron chi connectivity index (χ3n) is 2.38. The third kappa shape index (κ3) is 2.58. The van der Waals surface area contributed by atoms with Gasteiger partial charge in [-0.15, -0.1) is 0 Å². The van der Waals surface area contributed by atoms with E-state index in [1.165, 1.54) is 0 Å². The first kappa shape index (κ1) is 11.5. The summed E-state index contributed by atoms with van der Waals surface area (Å²) in [5.74, 6) is 1.29. The molecule has 0 aromatic heterocycles. The maximum absolute atomic E-state index is 8.83. The largest absolute Gasteiger partial charge is 0.456 e. The summed E-state index contributed by atoms with van der Waals surface area (Å²) in [5, 5.41) is 9.40. The summed E-state index contributed by atoms with van der Waals surface area (Å²) in [5.41, 5.74) is 1.54. The minimum absolute atomic E-state index is 0.564. The SMILES string of the molecule is Cc1cc(Oc2ccccc2Cl)ccc1C#N. The van der Waals surface area contributed by atoms with Gasteiger partial charge in [0.05, 0.1) is 16.7 Å². The van der Waals surface area contributed by atoms with Crippen LogP contribution in [-0.4, -0.2) is 0 Å². The highest BCUT2D eigenvalue weighted by atomic mass is 35.5. The number of ether oxygens (including phenoxy) is 1. The van der Waals surface area contributed by atoms with Crippen molar-refractivity contribution in [1.29, 1.82) is 5.26 Å². The summed E-state index contributed by atoms with van der Waals surface area (Å²) in [7, 11) is 0. The lowest BCUT2D eigenvalue weighted by atomic mass is 10.1. The van der Waals surface area contributed by atoms with Crippen molar-refractivity contribution in [3.8, 4) is 17.6 Å². The van der Waals surface area contributed by atoms with Crippen molar-refractivity contribution in [2.24, 2.45) is 0 Å². The second-order valence-electron chi connectivity index (χ2n) is 3.62. The van der Waals surface area contributed by atoms with Gasteiger partial charge in [-0.1, -0.05) is 23.7 Å². The molecule has 0 unspecified atom stereocenters. The van der Waals surface area contributed by atoms with Gasteiger partial charge < -0.3 is 4.74 Å². The van der Waals surface area contributed by atoms with Crippen molar-refractivity contribution in [3.05, 3.63) is 58.6 Å². The molecular weight excluding hydrogens is 234 g/mol. The molecule has 0 aliphatic carbocycles. The zero-order valence-corrected chi connectivity index (χ0v) is 10.0. The van der Waals surface area contributed by atoms with Crippen LogP contribution < -0.4 is 4.74 Å². The molecule has 2 aromatic rings. The van der Waals surface area contributed by atoms with E-state index in [1.807, 2.05) is 25.1 Å². The van der Waals surface area contributed by atoms with E-state index < -0.39 is 0 Å². The average molecular weight is 244 g/mol. The molecule has 0 aliphatic heterocycles. The second-order valence-corrected chi connectivity index (χ2v) is 4.03. The first-order valence-corrected chi connectivity index (χ1v) is 5.51. The van der Waals surface area contributed by atoms with Crippen molar-refractivity contribution < 1.29 is 4.74 Å². The molecule has 2 rings (SSSR count). The summed E-state index contributed by atoms with van der Waals surface area (Å²) in [6, 6.07) is 14.7. The lowest BCUT2D eigenvalue weighted by Gasteiger charge is -2.08. The second kappa shape index (κ2) is 4.90. The normalized spacial score (nSPS) is 9.71. The fourth-order valence-electron chi connectivity index (χ4n) is 1.48. The quantitative estimate of drug-likeness (QED) is 0.787. The van der Waals surface area contributed by atoms with Crippen LogP contribution in [0, 0.1) is 18.3 Å². The Balaban J connectivity index is 2.29. The summed E-state index contributed by atoms with van der Waals surface area (Å²) in [6.07, 6.45) is 0. The van der Waals surface area contributed by atoms with Gasteiger partial charge in [0.15, 0.2) is 0 Å². The van der Waals surface area contributed by atoms with Crippen LogP contribution >= 0.6 is 11.6 Å². The fraction of sp³-hybridized carbons (Fsp3) is 0.0714. The number of para-hydroxylation sites is 1. The predicted molar refractivity (Wildman–Crippen MR) is 67.4 cm³/mol. The number of hydrogen-bond acceptors (Lipinski definition) is 2. The third-order valence-corrected chi connectivity index (χ3v) is 2.70. The molecule has 0 radical (unpaired) electrons. The fourth-order valence-corrected chi connectivity index (χ4v) is 1.65. The number of benzene rings is 2. The van der Waals surface area contributed by atoms with E-state index in [9.17, 15) is 0 Å². The monoisotopic (exact) mass is 243 g/mol. The van der Waals surface area contributed by atoms with Crippen LogP contribution in [0.25, 0.3) is 0 Å². The van der Waals surface area contributed by atoms with Gasteiger partial charge in [0.25, 0.3) is 0 Å². The molecule has 0 aliphatic rings. The number of hydrogen-bond donors (Lipinski definition) is 0. The lowest BCUT2D eigenvalue weighted by molar-refractivity contribution is 0.482. The molecule has 2 nitrogen and oxygen atoms in total. The van der Waals surface area contributed by atoms with Gasteiger partial charge >= 0.3 is 0 Å². The molecule has 0 N–H and O–H groups in total. The number of nitrogens with zero attached hydrogens (tertiary/aromatic N) is 1. The van der Waals surface area contributed by atoms with Gasteiger partial charge in [-0.2, -0.15) is 5.26 Å². The molecule has 0 saturated heterocycles. The Labute approximate surface area is 105 Å². The molecule has 0 atom stereocenters. The highest BCUT2D eigenvalue weighted by Gasteiger charge is 2.04. The zero-order chi connectivity index (χ0) is 12.3. The van der Waals surface area contributed by atoms with Gasteiger partial charge in [0, 0.05) is 0 Å². The predicted octanol–water partition coefficient (Wildman–Crippen LogP) is 4.31. The Morgan fingerprint density at radius 2 is 1.94 bits per heavy atom. The standard InChI is InChI=1S/C14H10ClNO/c1-10-8-12(7-6-11(10)9-16)17-14-5-3-2-4-13(14)15/h2-8H,1H3. The number of nitriles is 1. The minimum atomic E-state index is 0.564. The van der Waals surface area contributed by atoms with Gasteiger partial charge in [-0.05, 0) is 42.8 Å². The summed E-state index contributed by atoms with van der Waals surface area (Å²) < 4.78 is 5.65. The molecule has 0 bridgehead atoms. The van der Waals surface area contributed by atoms with Crippen molar-refractivity contribution in [1.82, 2.24) is 0 Å². The summed E-state index contributed by atoms with van der Waals surface area (Å²) in [6.45, 7) is 1.87. The van der Waals surface area contributed by atoms with Crippen molar-refractivity contribution in [2.45, 2.75) is 6.92 Å². The Morgan fingerprint density at radius 3 is 2.59 bits per heavy atom. The smallest absolute Gasteiger partial charge is 0.146 e. The van der Waals surface area contributed by atoms with Crippen LogP contribution in [0.2, 0.25) is 5.02 Å². The molecular formula is C14H10ClNO. The number of aryl methyl sites for hydroxylation is 1. The first-order chi connectivity index (χ1) is 8.20. The molecule has 0 saturated carbocycles. The van der Waals surface area contributed by atoms with E-state index in [4.69, 9.17) is 21.6 Å². The van der Waals surface area contributed by atoms with E-state index >= 15 is 0 Å². The molecule has 3 heteroatoms. The van der Waals surface area contributed by atoms with E-state index in [0.29, 0.717) is 22.1 Å². The average Bonchev–Trinajstić information content (AvgIpc) is 2.32. The van der Waals surface area contributed by atoms with E-state index in [1.54, 1.807) is 24.3 Å². The van der Waals surface area contributed by atoms with E-state index in [-0.39, 0.29) is 0 Å². The lowest BCUT2D eigenvalue weighted by Crippen LogP contribution is -1.88. The van der Waals surface area contributed by atoms with E-state index in [2.05, 4.69) is 6.07 Å². The topological polar surface area (TPSA) is 33.0 Å². The molecule has 0 fully saturated rings. The molecule has 17 heavy (non-hydrogen) atoms. The van der Waals surface area contributed by atoms with Crippen LogP contribution in [0.1, 0.15) is 11.1 Å². The molecule has 0 spiro atoms. The Bertz CT molecular complexity index is 587. The van der Waals surface area contributed by atoms with E-state index in [0.717, 1.165) is 5.56 Å². The van der Waals surface area contributed by atoms with Crippen molar-refractivity contribution >= 4 is 11.6 Å². The van der Waals surface area contributed by atoms with Crippen molar-refractivity contribution in [3.63, 3.8) is 0 Å². The summed E-state index contributed by atoms with van der Waals surface area (Å²) in [4.78, 5) is 0. The van der Waals surface area contributed by atoms with Crippen LogP contribution in [-0.2, 0) is 0 Å². The number of halogens is 1. The van der Waals surface area contributed by atoms with Crippen LogP contribution in [0.4, 0.5) is 0 Å². The molecule has 84 valence electrons. The van der Waals surface area contributed by atoms with Crippen molar-refractivity contribution in [2.75, 3.05) is 0 Å². The Kier molecular flexibility index (Phi) is 3.32. The molecule has 2 aromatic carbocycles. The van der Waals surface area contributed by atoms with Crippen LogP contribution in [0.5, 0.6) is 11.5 Å². The maximum Gasteiger partial charge on any atom is 0.146 e. The van der Waals surface area contributed by atoms with Gasteiger partial charge in [0.2, 0.25) is 0 Å². The van der Waals surface area contributed by atoms with Gasteiger partial charge in [-0.3, -0.25) is 0 Å². The highest BCUT2D eigenvalue weighted by Crippen LogP contribution is 2.29. The maximum atomic E-state index is 8.83. The molecule has 0 heterocycles. The Hall–Kier alpha value is -1.98. The summed E-state index contributed by atoms with van der Waals surface area (Å²) >= 11 is 6.00. The minimum Gasteiger partial charge on any atom is -0.456 e. The van der Waals surface area contributed by atoms with Gasteiger partial charge in [0.1, 0.15) is 11.5 Å². The molecule has 0 amide bonds. The van der Waals surface area contributed by atoms with Gasteiger partial charge in [-0.25, -0.2) is 0 Å². The highest BCUT2D eigenvalue weighted by molar-refractivity contribution is 6.32. The van der Waals surface area contributed by atoms with Crippen LogP contribution in [0.3, 0.4) is 0 Å². The number of rotatable bonds is 2. The Morgan fingerprint density at radius 1 is 1.18 bits per heavy atom. The van der Waals surface area contributed by atoms with Crippen LogP contribution in [0.15, 0.2) is 42.5 Å². The zero-order valence-electron chi connectivity index (χ0n) is 9.27.